The molecule has 4 rings (SSSR count). The van der Waals surface area contributed by atoms with Gasteiger partial charge in [-0.3, -0.25) is 19.8 Å². The van der Waals surface area contributed by atoms with Gasteiger partial charge >= 0.3 is 0 Å². The van der Waals surface area contributed by atoms with Gasteiger partial charge in [0.1, 0.15) is 0 Å². The molecule has 29 heavy (non-hydrogen) atoms. The van der Waals surface area contributed by atoms with Crippen LogP contribution in [-0.2, 0) is 4.79 Å². The molecule has 7 nitrogen and oxygen atoms in total. The van der Waals surface area contributed by atoms with Crippen LogP contribution in [0.15, 0.2) is 59.1 Å². The van der Waals surface area contributed by atoms with Crippen LogP contribution in [0.2, 0.25) is 5.02 Å². The number of allylic oxidation sites excluding steroid dienone is 1. The van der Waals surface area contributed by atoms with E-state index in [-0.39, 0.29) is 18.0 Å². The summed E-state index contributed by atoms with van der Waals surface area (Å²) in [5, 5.41) is 22.2. The van der Waals surface area contributed by atoms with Gasteiger partial charge in [0.15, 0.2) is 0 Å². The molecule has 0 aromatic heterocycles. The molecule has 2 aliphatic rings. The van der Waals surface area contributed by atoms with Gasteiger partial charge in [0.2, 0.25) is 5.91 Å². The van der Waals surface area contributed by atoms with E-state index in [2.05, 4.69) is 6.07 Å². The second-order valence-corrected chi connectivity index (χ2v) is 8.07. The van der Waals surface area contributed by atoms with Gasteiger partial charge in [-0.15, -0.1) is 0 Å². The largest absolute Gasteiger partial charge is 0.344 e. The quantitative estimate of drug-likeness (QED) is 0.531. The molecule has 146 valence electrons. The number of amides is 1. The lowest BCUT2D eigenvalue weighted by Crippen LogP contribution is -2.47. The first-order chi connectivity index (χ1) is 14.0. The molecule has 0 saturated carbocycles. The lowest BCUT2D eigenvalue weighted by atomic mass is 9.86. The van der Waals surface area contributed by atoms with Crippen molar-refractivity contribution in [1.82, 2.24) is 4.90 Å². The zero-order chi connectivity index (χ0) is 20.5. The van der Waals surface area contributed by atoms with Crippen molar-refractivity contribution in [1.29, 1.82) is 5.26 Å². The summed E-state index contributed by atoms with van der Waals surface area (Å²) in [4.78, 5) is 27.2. The van der Waals surface area contributed by atoms with E-state index >= 15 is 0 Å². The number of nitriles is 1. The van der Waals surface area contributed by atoms with Crippen molar-refractivity contribution in [2.24, 2.45) is 0 Å². The van der Waals surface area contributed by atoms with Crippen molar-refractivity contribution >= 4 is 40.6 Å². The van der Waals surface area contributed by atoms with E-state index in [1.54, 1.807) is 23.1 Å². The minimum atomic E-state index is -0.483. The molecule has 1 atom stereocenters. The van der Waals surface area contributed by atoms with Crippen LogP contribution < -0.4 is 4.90 Å². The first-order valence-corrected chi connectivity index (χ1v) is 10.2. The van der Waals surface area contributed by atoms with Crippen molar-refractivity contribution < 1.29 is 9.72 Å². The van der Waals surface area contributed by atoms with Crippen LogP contribution in [0.4, 0.5) is 11.4 Å². The normalized spacial score (nSPS) is 19.0. The smallest absolute Gasteiger partial charge is 0.269 e. The number of carbonyl (C=O) groups is 1. The zero-order valence-corrected chi connectivity index (χ0v) is 16.7. The van der Waals surface area contributed by atoms with Gasteiger partial charge in [-0.1, -0.05) is 41.6 Å². The van der Waals surface area contributed by atoms with Crippen LogP contribution in [0.25, 0.3) is 0 Å². The van der Waals surface area contributed by atoms with Gasteiger partial charge in [0, 0.05) is 35.2 Å². The first-order valence-electron chi connectivity index (χ1n) is 8.80. The number of fused-ring (bicyclic) bond motifs is 1. The third-order valence-corrected chi connectivity index (χ3v) is 6.34. The number of hydrogen-bond acceptors (Lipinski definition) is 6. The number of carbonyl (C=O) groups excluding carboxylic acids is 1. The molecule has 2 aromatic carbocycles. The standard InChI is InChI=1S/C20H15ClN4O3S/c21-14-4-2-5-15(8-14)23-11-24-19(26)9-17(18(10-22)20(24)29-12-23)13-3-1-6-16(7-13)25(27)28/h1-8,17H,9,11-12H2/t17-/m1/s1. The van der Waals surface area contributed by atoms with Crippen molar-refractivity contribution in [3.63, 3.8) is 0 Å². The second kappa shape index (κ2) is 7.78. The van der Waals surface area contributed by atoms with Crippen molar-refractivity contribution in [3.05, 3.63) is 79.8 Å². The molecule has 0 aliphatic carbocycles. The van der Waals surface area contributed by atoms with Crippen LogP contribution >= 0.6 is 23.4 Å². The number of hydrogen-bond donors (Lipinski definition) is 0. The average molecular weight is 427 g/mol. The van der Waals surface area contributed by atoms with E-state index in [1.807, 2.05) is 23.1 Å². The molecular formula is C20H15ClN4O3S. The van der Waals surface area contributed by atoms with Crippen LogP contribution in [0, 0.1) is 21.4 Å². The minimum absolute atomic E-state index is 0.0527. The number of nitrogens with zero attached hydrogens (tertiary/aromatic N) is 4. The molecule has 2 aliphatic heterocycles. The molecule has 0 N–H and O–H groups in total. The Hall–Kier alpha value is -3.02. The number of rotatable bonds is 3. The lowest BCUT2D eigenvalue weighted by molar-refractivity contribution is -0.384. The number of thioether (sulfide) groups is 1. The van der Waals surface area contributed by atoms with Crippen molar-refractivity contribution in [2.75, 3.05) is 17.4 Å². The summed E-state index contributed by atoms with van der Waals surface area (Å²) < 4.78 is 0. The Balaban J connectivity index is 1.68. The summed E-state index contributed by atoms with van der Waals surface area (Å²) in [7, 11) is 0. The minimum Gasteiger partial charge on any atom is -0.344 e. The highest BCUT2D eigenvalue weighted by atomic mass is 35.5. The van der Waals surface area contributed by atoms with E-state index in [0.717, 1.165) is 5.69 Å². The Morgan fingerprint density at radius 3 is 2.76 bits per heavy atom. The molecule has 9 heteroatoms. The van der Waals surface area contributed by atoms with E-state index in [0.29, 0.717) is 33.7 Å². The molecular weight excluding hydrogens is 412 g/mol. The van der Waals surface area contributed by atoms with E-state index < -0.39 is 10.8 Å². The SMILES string of the molecule is N#CC1=C2SCN(c3cccc(Cl)c3)CN2C(=O)C[C@@H]1c1cccc([N+](=O)[O-])c1. The number of benzene rings is 2. The van der Waals surface area contributed by atoms with E-state index in [1.165, 1.54) is 23.9 Å². The fourth-order valence-electron chi connectivity index (χ4n) is 3.54. The Morgan fingerprint density at radius 1 is 1.24 bits per heavy atom. The van der Waals surface area contributed by atoms with Crippen molar-refractivity contribution in [2.45, 2.75) is 12.3 Å². The van der Waals surface area contributed by atoms with Crippen LogP contribution in [-0.4, -0.2) is 28.3 Å². The summed E-state index contributed by atoms with van der Waals surface area (Å²) in [5.41, 5.74) is 1.93. The molecule has 1 fully saturated rings. The number of anilines is 1. The summed E-state index contributed by atoms with van der Waals surface area (Å²) in [6.45, 7) is 0.328. The summed E-state index contributed by atoms with van der Waals surface area (Å²) in [6.07, 6.45) is 0.0947. The third-order valence-electron chi connectivity index (χ3n) is 4.95. The Bertz CT molecular complexity index is 1080. The van der Waals surface area contributed by atoms with Gasteiger partial charge in [0.25, 0.3) is 5.69 Å². The maximum Gasteiger partial charge on any atom is 0.269 e. The van der Waals surface area contributed by atoms with Gasteiger partial charge < -0.3 is 4.90 Å². The number of non-ortho nitro benzene ring substituents is 1. The maximum absolute atomic E-state index is 12.9. The fraction of sp³-hybridized carbons (Fsp3) is 0.200. The maximum atomic E-state index is 12.9. The van der Waals surface area contributed by atoms with Gasteiger partial charge in [0.05, 0.1) is 34.1 Å². The van der Waals surface area contributed by atoms with Crippen LogP contribution in [0.1, 0.15) is 17.9 Å². The Morgan fingerprint density at radius 2 is 2.03 bits per heavy atom. The Labute approximate surface area is 176 Å². The summed E-state index contributed by atoms with van der Waals surface area (Å²) >= 11 is 7.50. The molecule has 0 bridgehead atoms. The monoisotopic (exact) mass is 426 g/mol. The highest BCUT2D eigenvalue weighted by molar-refractivity contribution is 8.03. The predicted octanol–water partition coefficient (Wildman–Crippen LogP) is 4.47. The second-order valence-electron chi connectivity index (χ2n) is 6.70. The molecule has 1 saturated heterocycles. The number of nitro groups is 1. The van der Waals surface area contributed by atoms with Crippen molar-refractivity contribution in [3.8, 4) is 6.07 Å². The topological polar surface area (TPSA) is 90.5 Å². The molecule has 0 radical (unpaired) electrons. The summed E-state index contributed by atoms with van der Waals surface area (Å²) in [6, 6.07) is 15.8. The first kappa shape index (κ1) is 19.3. The summed E-state index contributed by atoms with van der Waals surface area (Å²) in [5.74, 6) is -0.0367. The zero-order valence-electron chi connectivity index (χ0n) is 15.1. The number of nitro benzene ring substituents is 1. The molecule has 0 spiro atoms. The van der Waals surface area contributed by atoms with Gasteiger partial charge in [-0.2, -0.15) is 5.26 Å². The number of halogens is 1. The molecule has 0 unspecified atom stereocenters. The van der Waals surface area contributed by atoms with Gasteiger partial charge in [-0.05, 0) is 23.8 Å². The van der Waals surface area contributed by atoms with Gasteiger partial charge in [-0.25, -0.2) is 0 Å². The highest BCUT2D eigenvalue weighted by Gasteiger charge is 2.38. The molecule has 1 amide bonds. The lowest BCUT2D eigenvalue weighted by Gasteiger charge is -2.42. The molecule has 2 heterocycles. The third kappa shape index (κ3) is 3.67. The predicted molar refractivity (Wildman–Crippen MR) is 111 cm³/mol. The highest BCUT2D eigenvalue weighted by Crippen LogP contribution is 2.43. The Kier molecular flexibility index (Phi) is 5.18. The molecule has 2 aromatic rings. The van der Waals surface area contributed by atoms with E-state index in [4.69, 9.17) is 11.6 Å². The van der Waals surface area contributed by atoms with Crippen LogP contribution in [0.5, 0.6) is 0 Å². The van der Waals surface area contributed by atoms with Crippen LogP contribution in [0.3, 0.4) is 0 Å². The average Bonchev–Trinajstić information content (AvgIpc) is 2.73. The van der Waals surface area contributed by atoms with E-state index in [9.17, 15) is 20.2 Å². The fourth-order valence-corrected chi connectivity index (χ4v) is 4.89.